The van der Waals surface area contributed by atoms with E-state index in [1.807, 2.05) is 36.4 Å². The minimum Gasteiger partial charge on any atom is -0.497 e. The molecule has 5 rings (SSSR count). The molecule has 0 radical (unpaired) electrons. The predicted molar refractivity (Wildman–Crippen MR) is 114 cm³/mol. The Balaban J connectivity index is 1.37. The molecule has 154 valence electrons. The number of fused-ring (bicyclic) bond motifs is 4. The summed E-state index contributed by atoms with van der Waals surface area (Å²) in [7, 11) is 1.67. The molecule has 2 aliphatic rings. The van der Waals surface area contributed by atoms with Gasteiger partial charge in [0.2, 0.25) is 5.91 Å². The number of carbonyl (C=O) groups excluding carboxylic acids is 2. The average Bonchev–Trinajstić information content (AvgIpc) is 3.31. The summed E-state index contributed by atoms with van der Waals surface area (Å²) in [5, 5.41) is 4.35. The van der Waals surface area contributed by atoms with E-state index in [1.54, 1.807) is 18.9 Å². The molecular weight excluding hydrogens is 378 g/mol. The lowest BCUT2D eigenvalue weighted by molar-refractivity contribution is -0.126. The van der Waals surface area contributed by atoms with Crippen LogP contribution >= 0.6 is 0 Å². The van der Waals surface area contributed by atoms with Crippen molar-refractivity contribution in [1.29, 1.82) is 0 Å². The second kappa shape index (κ2) is 7.20. The van der Waals surface area contributed by atoms with Crippen molar-refractivity contribution in [1.82, 2.24) is 15.2 Å². The minimum atomic E-state index is -0.528. The Morgan fingerprint density at radius 2 is 2.10 bits per heavy atom. The third-order valence-electron chi connectivity index (χ3n) is 6.43. The van der Waals surface area contributed by atoms with Gasteiger partial charge in [0.1, 0.15) is 11.8 Å². The summed E-state index contributed by atoms with van der Waals surface area (Å²) in [6, 6.07) is 13.0. The van der Waals surface area contributed by atoms with Gasteiger partial charge in [0.15, 0.2) is 0 Å². The number of nitrogens with zero attached hydrogens (tertiary/aromatic N) is 1. The Morgan fingerprint density at radius 3 is 2.90 bits per heavy atom. The van der Waals surface area contributed by atoms with Gasteiger partial charge in [0.25, 0.3) is 5.91 Å². The van der Waals surface area contributed by atoms with Gasteiger partial charge in [-0.1, -0.05) is 18.2 Å². The lowest BCUT2D eigenvalue weighted by Gasteiger charge is -2.28. The fourth-order valence-corrected chi connectivity index (χ4v) is 4.74. The smallest absolute Gasteiger partial charge is 0.255 e. The summed E-state index contributed by atoms with van der Waals surface area (Å²) in [6.07, 6.45) is 2.86. The first-order valence-corrected chi connectivity index (χ1v) is 10.4. The quantitative estimate of drug-likeness (QED) is 0.697. The van der Waals surface area contributed by atoms with Gasteiger partial charge in [-0.05, 0) is 61.6 Å². The number of aromatic amines is 1. The maximum absolute atomic E-state index is 13.1. The Morgan fingerprint density at radius 1 is 1.27 bits per heavy atom. The number of aryl methyl sites for hydroxylation is 1. The van der Waals surface area contributed by atoms with Gasteiger partial charge in [0.05, 0.1) is 13.2 Å². The second-order valence-electron chi connectivity index (χ2n) is 8.15. The molecule has 30 heavy (non-hydrogen) atoms. The van der Waals surface area contributed by atoms with Crippen LogP contribution in [-0.4, -0.2) is 34.8 Å². The number of aromatic nitrogens is 1. The Kier molecular flexibility index (Phi) is 4.50. The number of hydrogen-bond donors (Lipinski definition) is 2. The predicted octanol–water partition coefficient (Wildman–Crippen LogP) is 3.71. The summed E-state index contributed by atoms with van der Waals surface area (Å²) < 4.78 is 5.38. The summed E-state index contributed by atoms with van der Waals surface area (Å²) in [5.41, 5.74) is 5.05. The van der Waals surface area contributed by atoms with Crippen molar-refractivity contribution >= 4 is 22.7 Å². The highest BCUT2D eigenvalue weighted by atomic mass is 16.5. The van der Waals surface area contributed by atoms with E-state index in [1.165, 1.54) is 5.56 Å². The van der Waals surface area contributed by atoms with Crippen LogP contribution in [0, 0.1) is 0 Å². The molecule has 6 heteroatoms. The molecule has 0 fully saturated rings. The number of benzene rings is 2. The molecule has 1 aliphatic heterocycles. The fourth-order valence-electron chi connectivity index (χ4n) is 4.74. The molecule has 2 amide bonds. The molecule has 2 atom stereocenters. The van der Waals surface area contributed by atoms with Gasteiger partial charge in [0, 0.05) is 28.7 Å². The number of hydrogen-bond acceptors (Lipinski definition) is 3. The molecular formula is C24H25N3O3. The van der Waals surface area contributed by atoms with Crippen LogP contribution in [-0.2, 0) is 17.8 Å². The zero-order valence-corrected chi connectivity index (χ0v) is 17.2. The molecule has 2 heterocycles. The lowest BCUT2D eigenvalue weighted by atomic mass is 9.91. The highest BCUT2D eigenvalue weighted by Crippen LogP contribution is 2.36. The van der Waals surface area contributed by atoms with E-state index in [-0.39, 0.29) is 17.9 Å². The first-order valence-electron chi connectivity index (χ1n) is 10.4. The van der Waals surface area contributed by atoms with Crippen molar-refractivity contribution in [3.63, 3.8) is 0 Å². The monoisotopic (exact) mass is 403 g/mol. The Hall–Kier alpha value is -3.28. The van der Waals surface area contributed by atoms with Crippen LogP contribution in [0.3, 0.4) is 0 Å². The molecule has 1 aliphatic carbocycles. The number of ether oxygens (including phenoxy) is 1. The molecule has 2 aromatic carbocycles. The highest BCUT2D eigenvalue weighted by Gasteiger charge is 2.35. The topological polar surface area (TPSA) is 74.4 Å². The molecule has 0 saturated heterocycles. The summed E-state index contributed by atoms with van der Waals surface area (Å²) in [6.45, 7) is 2.28. The molecule has 0 saturated carbocycles. The van der Waals surface area contributed by atoms with Gasteiger partial charge in [-0.3, -0.25) is 9.59 Å². The van der Waals surface area contributed by atoms with Gasteiger partial charge in [-0.2, -0.15) is 0 Å². The van der Waals surface area contributed by atoms with E-state index in [4.69, 9.17) is 4.74 Å². The van der Waals surface area contributed by atoms with E-state index in [9.17, 15) is 9.59 Å². The van der Waals surface area contributed by atoms with Gasteiger partial charge in [-0.25, -0.2) is 0 Å². The third-order valence-corrected chi connectivity index (χ3v) is 6.43. The van der Waals surface area contributed by atoms with Crippen molar-refractivity contribution in [2.24, 2.45) is 0 Å². The van der Waals surface area contributed by atoms with Crippen molar-refractivity contribution < 1.29 is 14.3 Å². The third kappa shape index (κ3) is 2.95. The largest absolute Gasteiger partial charge is 0.497 e. The molecule has 1 aromatic heterocycles. The van der Waals surface area contributed by atoms with Crippen molar-refractivity contribution in [3.05, 3.63) is 64.8 Å². The van der Waals surface area contributed by atoms with Crippen LogP contribution in [0.4, 0.5) is 0 Å². The van der Waals surface area contributed by atoms with E-state index in [2.05, 4.69) is 16.4 Å². The Bertz CT molecular complexity index is 1150. The zero-order chi connectivity index (χ0) is 20.8. The standard InChI is InChI=1S/C24H25N3O3/c1-14(27-13-15-6-3-4-7-17(15)24(27)29)23(28)26-21-9-5-8-18-19-12-16(30-2)10-11-20(19)25-22(18)21/h3-4,6-7,10-12,14,21,25H,5,8-9,13H2,1-2H3,(H,26,28). The van der Waals surface area contributed by atoms with Gasteiger partial charge < -0.3 is 19.9 Å². The minimum absolute atomic E-state index is 0.0738. The van der Waals surface area contributed by atoms with E-state index in [0.29, 0.717) is 12.1 Å². The number of methoxy groups -OCH3 is 1. The van der Waals surface area contributed by atoms with Gasteiger partial charge >= 0.3 is 0 Å². The first kappa shape index (κ1) is 18.7. The number of H-pyrrole nitrogens is 1. The number of nitrogens with one attached hydrogen (secondary N) is 2. The normalized spacial score (nSPS) is 18.8. The van der Waals surface area contributed by atoms with Crippen molar-refractivity contribution in [2.75, 3.05) is 7.11 Å². The summed E-state index contributed by atoms with van der Waals surface area (Å²) in [5.74, 6) is 0.636. The maximum atomic E-state index is 13.1. The fraction of sp³-hybridized carbons (Fsp3) is 0.333. The first-order chi connectivity index (χ1) is 14.6. The van der Waals surface area contributed by atoms with Gasteiger partial charge in [-0.15, -0.1) is 0 Å². The van der Waals surface area contributed by atoms with Crippen LogP contribution in [0.5, 0.6) is 5.75 Å². The average molecular weight is 403 g/mol. The lowest BCUT2D eigenvalue weighted by Crippen LogP contribution is -2.46. The number of carbonyl (C=O) groups is 2. The van der Waals surface area contributed by atoms with Crippen LogP contribution in [0.15, 0.2) is 42.5 Å². The van der Waals surface area contributed by atoms with Crippen molar-refractivity contribution in [3.8, 4) is 5.75 Å². The SMILES string of the molecule is COc1ccc2[nH]c3c(c2c1)CCCC3NC(=O)C(C)N1Cc2ccccc2C1=O. The van der Waals surface area contributed by atoms with Crippen LogP contribution < -0.4 is 10.1 Å². The Labute approximate surface area is 175 Å². The molecule has 0 spiro atoms. The second-order valence-corrected chi connectivity index (χ2v) is 8.15. The molecule has 2 unspecified atom stereocenters. The van der Waals surface area contributed by atoms with Crippen LogP contribution in [0.25, 0.3) is 10.9 Å². The highest BCUT2D eigenvalue weighted by molar-refractivity contribution is 6.01. The molecule has 3 aromatic rings. The van der Waals surface area contributed by atoms with Crippen molar-refractivity contribution in [2.45, 2.75) is 44.8 Å². The summed E-state index contributed by atoms with van der Waals surface area (Å²) >= 11 is 0. The number of amides is 2. The molecule has 0 bridgehead atoms. The maximum Gasteiger partial charge on any atom is 0.255 e. The molecule has 2 N–H and O–H groups in total. The zero-order valence-electron chi connectivity index (χ0n) is 17.2. The van der Waals surface area contributed by atoms with E-state index < -0.39 is 6.04 Å². The van der Waals surface area contributed by atoms with Crippen LogP contribution in [0.2, 0.25) is 0 Å². The number of rotatable bonds is 4. The van der Waals surface area contributed by atoms with Crippen LogP contribution in [0.1, 0.15) is 53.0 Å². The summed E-state index contributed by atoms with van der Waals surface area (Å²) in [4.78, 5) is 31.0. The van der Waals surface area contributed by atoms with E-state index in [0.717, 1.165) is 47.2 Å². The molecule has 6 nitrogen and oxygen atoms in total. The van der Waals surface area contributed by atoms with E-state index >= 15 is 0 Å².